The second-order valence-corrected chi connectivity index (χ2v) is 8.67. The predicted molar refractivity (Wildman–Crippen MR) is 140 cm³/mol. The molecular weight excluding hydrogens is 416 g/mol. The lowest BCUT2D eigenvalue weighted by Crippen LogP contribution is -2.35. The fraction of sp³-hybridized carbons (Fsp3) is 0.129. The first-order valence-corrected chi connectivity index (χ1v) is 11.7. The van der Waals surface area contributed by atoms with Gasteiger partial charge in [0.25, 0.3) is 0 Å². The van der Waals surface area contributed by atoms with Crippen LogP contribution in [0.5, 0.6) is 0 Å². The molecule has 0 spiro atoms. The number of carbonyl (C=O) groups is 1. The summed E-state index contributed by atoms with van der Waals surface area (Å²) in [6, 6.07) is 39.9. The number of amides is 1. The molecule has 1 atom stereocenters. The zero-order valence-electron chi connectivity index (χ0n) is 19.3. The second-order valence-electron chi connectivity index (χ2n) is 8.67. The number of fused-ring (bicyclic) bond motifs is 1. The van der Waals surface area contributed by atoms with Crippen molar-refractivity contribution in [3.05, 3.63) is 138 Å². The molecule has 3 heteroatoms. The van der Waals surface area contributed by atoms with Crippen molar-refractivity contribution in [2.75, 3.05) is 11.4 Å². The molecule has 1 heterocycles. The fourth-order valence-corrected chi connectivity index (χ4v) is 4.95. The van der Waals surface area contributed by atoms with Crippen molar-refractivity contribution in [1.82, 2.24) is 4.98 Å². The van der Waals surface area contributed by atoms with Gasteiger partial charge in [0.15, 0.2) is 0 Å². The van der Waals surface area contributed by atoms with Crippen molar-refractivity contribution in [3.63, 3.8) is 0 Å². The van der Waals surface area contributed by atoms with E-state index in [1.165, 1.54) is 16.7 Å². The highest BCUT2D eigenvalue weighted by Gasteiger charge is 2.30. The van der Waals surface area contributed by atoms with Crippen LogP contribution in [0.25, 0.3) is 10.9 Å². The Bertz CT molecular complexity index is 1320. The molecule has 0 saturated heterocycles. The van der Waals surface area contributed by atoms with E-state index in [9.17, 15) is 4.79 Å². The summed E-state index contributed by atoms with van der Waals surface area (Å²) in [5.41, 5.74) is 5.65. The van der Waals surface area contributed by atoms with Gasteiger partial charge < -0.3 is 9.88 Å². The predicted octanol–water partition coefficient (Wildman–Crippen LogP) is 7.14. The average molecular weight is 445 g/mol. The van der Waals surface area contributed by atoms with Gasteiger partial charge in [0.2, 0.25) is 5.91 Å². The van der Waals surface area contributed by atoms with Gasteiger partial charge in [-0.05, 0) is 22.8 Å². The number of aromatic amines is 1. The number of para-hydroxylation sites is 1. The van der Waals surface area contributed by atoms with Crippen LogP contribution in [0.4, 0.5) is 5.69 Å². The Labute approximate surface area is 200 Å². The van der Waals surface area contributed by atoms with E-state index >= 15 is 0 Å². The molecule has 0 radical (unpaired) electrons. The number of hydrogen-bond donors (Lipinski definition) is 1. The lowest BCUT2D eigenvalue weighted by Gasteiger charge is -2.33. The molecular formula is C31H28N2O. The minimum Gasteiger partial charge on any atom is -0.359 e. The SMILES string of the molecule is CC(=O)N(CC(c1ccccc1)C(c1ccccc1)c1ccccc1)c1c[nH]c2ccccc12. The first kappa shape index (κ1) is 21.7. The lowest BCUT2D eigenvalue weighted by atomic mass is 9.77. The smallest absolute Gasteiger partial charge is 0.223 e. The molecule has 0 aliphatic heterocycles. The molecule has 3 nitrogen and oxygen atoms in total. The number of H-pyrrole nitrogens is 1. The molecule has 5 aromatic rings. The van der Waals surface area contributed by atoms with Crippen molar-refractivity contribution >= 4 is 22.5 Å². The van der Waals surface area contributed by atoms with Gasteiger partial charge in [-0.3, -0.25) is 4.79 Å². The Hall–Kier alpha value is -4.11. The van der Waals surface area contributed by atoms with Gasteiger partial charge in [-0.2, -0.15) is 0 Å². The Balaban J connectivity index is 1.65. The standard InChI is InChI=1S/C31H28N2O/c1-23(34)33(30-21-32-29-20-12-11-19-27(29)30)22-28(24-13-5-2-6-14-24)31(25-15-7-3-8-16-25)26-17-9-4-10-18-26/h2-21,28,31-32H,22H2,1H3. The summed E-state index contributed by atoms with van der Waals surface area (Å²) >= 11 is 0. The summed E-state index contributed by atoms with van der Waals surface area (Å²) < 4.78 is 0. The molecule has 34 heavy (non-hydrogen) atoms. The molecule has 5 rings (SSSR count). The van der Waals surface area contributed by atoms with Crippen molar-refractivity contribution in [2.45, 2.75) is 18.8 Å². The van der Waals surface area contributed by atoms with E-state index in [1.807, 2.05) is 35.4 Å². The summed E-state index contributed by atoms with van der Waals surface area (Å²) in [7, 11) is 0. The lowest BCUT2D eigenvalue weighted by molar-refractivity contribution is -0.116. The van der Waals surface area contributed by atoms with Gasteiger partial charge in [-0.25, -0.2) is 0 Å². The first-order chi connectivity index (χ1) is 16.7. The van der Waals surface area contributed by atoms with Crippen molar-refractivity contribution in [3.8, 4) is 0 Å². The highest BCUT2D eigenvalue weighted by atomic mass is 16.2. The molecule has 0 aliphatic carbocycles. The summed E-state index contributed by atoms with van der Waals surface area (Å²) in [6.45, 7) is 2.22. The fourth-order valence-electron chi connectivity index (χ4n) is 4.95. The van der Waals surface area contributed by atoms with E-state index in [2.05, 4.69) is 96.0 Å². The molecule has 168 valence electrons. The summed E-state index contributed by atoms with van der Waals surface area (Å²) in [4.78, 5) is 18.3. The average Bonchev–Trinajstić information content (AvgIpc) is 3.32. The zero-order chi connectivity index (χ0) is 23.3. The number of benzene rings is 4. The zero-order valence-corrected chi connectivity index (χ0v) is 19.3. The normalized spacial score (nSPS) is 12.1. The second kappa shape index (κ2) is 9.80. The highest BCUT2D eigenvalue weighted by Crippen LogP contribution is 2.40. The molecule has 0 saturated carbocycles. The number of nitrogens with zero attached hydrogens (tertiary/aromatic N) is 1. The maximum atomic E-state index is 13.1. The van der Waals surface area contributed by atoms with Gasteiger partial charge in [0, 0.05) is 42.4 Å². The minimum absolute atomic E-state index is 0.0329. The van der Waals surface area contributed by atoms with Crippen LogP contribution in [0, 0.1) is 0 Å². The van der Waals surface area contributed by atoms with E-state index in [1.54, 1.807) is 6.92 Å². The molecule has 1 unspecified atom stereocenters. The largest absolute Gasteiger partial charge is 0.359 e. The van der Waals surface area contributed by atoms with Crippen LogP contribution in [0.1, 0.15) is 35.4 Å². The molecule has 0 fully saturated rings. The quantitative estimate of drug-likeness (QED) is 0.285. The summed E-state index contributed by atoms with van der Waals surface area (Å²) in [6.07, 6.45) is 1.95. The van der Waals surface area contributed by atoms with E-state index in [-0.39, 0.29) is 17.7 Å². The van der Waals surface area contributed by atoms with Gasteiger partial charge in [0.1, 0.15) is 0 Å². The highest BCUT2D eigenvalue weighted by molar-refractivity contribution is 6.02. The first-order valence-electron chi connectivity index (χ1n) is 11.7. The van der Waals surface area contributed by atoms with Gasteiger partial charge in [0.05, 0.1) is 5.69 Å². The minimum atomic E-state index is 0.0329. The molecule has 0 bridgehead atoms. The molecule has 1 amide bonds. The van der Waals surface area contributed by atoms with Crippen molar-refractivity contribution in [1.29, 1.82) is 0 Å². The number of nitrogens with one attached hydrogen (secondary N) is 1. The van der Waals surface area contributed by atoms with Gasteiger partial charge >= 0.3 is 0 Å². The molecule has 4 aromatic carbocycles. The number of anilines is 1. The van der Waals surface area contributed by atoms with Crippen LogP contribution in [-0.2, 0) is 4.79 Å². The van der Waals surface area contributed by atoms with Gasteiger partial charge in [-0.15, -0.1) is 0 Å². The monoisotopic (exact) mass is 444 g/mol. The van der Waals surface area contributed by atoms with Crippen LogP contribution in [0.15, 0.2) is 121 Å². The van der Waals surface area contributed by atoms with Gasteiger partial charge in [-0.1, -0.05) is 109 Å². The number of hydrogen-bond acceptors (Lipinski definition) is 1. The van der Waals surface area contributed by atoms with Crippen LogP contribution in [-0.4, -0.2) is 17.4 Å². The van der Waals surface area contributed by atoms with E-state index < -0.39 is 0 Å². The number of rotatable bonds is 7. The van der Waals surface area contributed by atoms with Crippen molar-refractivity contribution < 1.29 is 4.79 Å². The Kier molecular flexibility index (Phi) is 6.26. The molecule has 0 aliphatic rings. The van der Waals surface area contributed by atoms with E-state index in [0.29, 0.717) is 6.54 Å². The van der Waals surface area contributed by atoms with E-state index in [0.717, 1.165) is 16.6 Å². The molecule has 1 aromatic heterocycles. The van der Waals surface area contributed by atoms with Crippen molar-refractivity contribution in [2.24, 2.45) is 0 Å². The third kappa shape index (κ3) is 4.38. The van der Waals surface area contributed by atoms with E-state index in [4.69, 9.17) is 0 Å². The third-order valence-electron chi connectivity index (χ3n) is 6.57. The van der Waals surface area contributed by atoms with Crippen LogP contribution in [0.3, 0.4) is 0 Å². The topological polar surface area (TPSA) is 36.1 Å². The van der Waals surface area contributed by atoms with Crippen LogP contribution in [0.2, 0.25) is 0 Å². The summed E-state index contributed by atoms with van der Waals surface area (Å²) in [5.74, 6) is 0.186. The van der Waals surface area contributed by atoms with Crippen LogP contribution >= 0.6 is 0 Å². The maximum Gasteiger partial charge on any atom is 0.223 e. The molecule has 1 N–H and O–H groups in total. The van der Waals surface area contributed by atoms with Crippen LogP contribution < -0.4 is 4.90 Å². The Morgan fingerprint density at radius 2 is 1.21 bits per heavy atom. The maximum absolute atomic E-state index is 13.1. The third-order valence-corrected chi connectivity index (χ3v) is 6.57. The Morgan fingerprint density at radius 1 is 0.706 bits per heavy atom. The number of carbonyl (C=O) groups excluding carboxylic acids is 1. The number of aromatic nitrogens is 1. The Morgan fingerprint density at radius 3 is 1.76 bits per heavy atom. The summed E-state index contributed by atoms with van der Waals surface area (Å²) in [5, 5.41) is 1.06.